The third kappa shape index (κ3) is 2.84. The number of benzene rings is 2. The second-order valence-corrected chi connectivity index (χ2v) is 7.73. The minimum absolute atomic E-state index is 0.107. The van der Waals surface area contributed by atoms with E-state index in [0.29, 0.717) is 27.4 Å². The second kappa shape index (κ2) is 6.53. The standard InChI is InChI=1S/C21H17Cl2N3O/c1-11(2)26-6-5-15-18(26)4-3-16-19(12-7-13(22)9-14(23)8-12)17(10-24)21(25)27-20(15)16/h3-9,11,19H,25H2,1-2H3. The molecule has 2 aromatic carbocycles. The van der Waals surface area contributed by atoms with Crippen molar-refractivity contribution in [2.24, 2.45) is 5.73 Å². The lowest BCUT2D eigenvalue weighted by molar-refractivity contribution is 0.398. The molecule has 0 amide bonds. The van der Waals surface area contributed by atoms with Crippen LogP contribution in [0, 0.1) is 11.3 Å². The summed E-state index contributed by atoms with van der Waals surface area (Å²) < 4.78 is 8.08. The smallest absolute Gasteiger partial charge is 0.205 e. The maximum Gasteiger partial charge on any atom is 0.205 e. The zero-order chi connectivity index (χ0) is 19.3. The highest BCUT2D eigenvalue weighted by Crippen LogP contribution is 2.46. The van der Waals surface area contributed by atoms with Gasteiger partial charge in [-0.25, -0.2) is 0 Å². The van der Waals surface area contributed by atoms with E-state index in [1.54, 1.807) is 18.2 Å². The highest BCUT2D eigenvalue weighted by molar-refractivity contribution is 6.34. The topological polar surface area (TPSA) is 64.0 Å². The van der Waals surface area contributed by atoms with Crippen LogP contribution in [0.25, 0.3) is 10.9 Å². The highest BCUT2D eigenvalue weighted by atomic mass is 35.5. The predicted molar refractivity (Wildman–Crippen MR) is 108 cm³/mol. The molecular formula is C21H17Cl2N3O. The Bertz CT molecular complexity index is 1120. The lowest BCUT2D eigenvalue weighted by Gasteiger charge is -2.27. The number of hydrogen-bond donors (Lipinski definition) is 1. The van der Waals surface area contributed by atoms with Crippen LogP contribution in [-0.2, 0) is 0 Å². The summed E-state index contributed by atoms with van der Waals surface area (Å²) in [6.45, 7) is 4.25. The van der Waals surface area contributed by atoms with Crippen LogP contribution in [0.2, 0.25) is 10.0 Å². The summed E-state index contributed by atoms with van der Waals surface area (Å²) in [5.74, 6) is 0.391. The minimum atomic E-state index is -0.387. The number of nitrogens with two attached hydrogens (primary N) is 1. The Morgan fingerprint density at radius 3 is 2.48 bits per heavy atom. The first-order valence-corrected chi connectivity index (χ1v) is 9.33. The molecule has 0 spiro atoms. The number of nitrogens with zero attached hydrogens (tertiary/aromatic N) is 2. The molecule has 2 N–H and O–H groups in total. The molecule has 136 valence electrons. The van der Waals surface area contributed by atoms with E-state index in [4.69, 9.17) is 33.7 Å². The van der Waals surface area contributed by atoms with E-state index in [1.807, 2.05) is 24.4 Å². The van der Waals surface area contributed by atoms with E-state index in [9.17, 15) is 5.26 Å². The van der Waals surface area contributed by atoms with Crippen molar-refractivity contribution < 1.29 is 4.74 Å². The van der Waals surface area contributed by atoms with E-state index in [2.05, 4.69) is 24.5 Å². The van der Waals surface area contributed by atoms with E-state index in [-0.39, 0.29) is 11.8 Å². The van der Waals surface area contributed by atoms with Crippen LogP contribution in [0.15, 0.2) is 54.1 Å². The highest BCUT2D eigenvalue weighted by Gasteiger charge is 2.32. The van der Waals surface area contributed by atoms with Crippen LogP contribution in [0.1, 0.15) is 36.9 Å². The van der Waals surface area contributed by atoms with Crippen molar-refractivity contribution in [2.45, 2.75) is 25.8 Å². The Morgan fingerprint density at radius 2 is 1.85 bits per heavy atom. The van der Waals surface area contributed by atoms with Crippen LogP contribution in [0.4, 0.5) is 0 Å². The van der Waals surface area contributed by atoms with Crippen molar-refractivity contribution in [3.8, 4) is 11.8 Å². The molecular weight excluding hydrogens is 381 g/mol. The summed E-state index contributed by atoms with van der Waals surface area (Å²) in [6, 6.07) is 13.8. The van der Waals surface area contributed by atoms with Gasteiger partial charge in [0.15, 0.2) is 0 Å². The Balaban J connectivity index is 2.00. The van der Waals surface area contributed by atoms with Gasteiger partial charge in [0, 0.05) is 33.2 Å². The maximum atomic E-state index is 9.71. The first-order valence-electron chi connectivity index (χ1n) is 8.57. The van der Waals surface area contributed by atoms with Crippen LogP contribution < -0.4 is 10.5 Å². The number of nitriles is 1. The first kappa shape index (κ1) is 17.8. The second-order valence-electron chi connectivity index (χ2n) is 6.86. The van der Waals surface area contributed by atoms with Gasteiger partial charge in [-0.1, -0.05) is 29.3 Å². The lowest BCUT2D eigenvalue weighted by atomic mass is 9.83. The Morgan fingerprint density at radius 1 is 1.15 bits per heavy atom. The normalized spacial score (nSPS) is 16.4. The third-order valence-electron chi connectivity index (χ3n) is 4.86. The van der Waals surface area contributed by atoms with E-state index in [1.165, 1.54) is 0 Å². The van der Waals surface area contributed by atoms with Crippen LogP contribution in [0.3, 0.4) is 0 Å². The number of ether oxygens (including phenoxy) is 1. The van der Waals surface area contributed by atoms with Gasteiger partial charge in [0.25, 0.3) is 0 Å². The van der Waals surface area contributed by atoms with Gasteiger partial charge in [0.2, 0.25) is 5.88 Å². The molecule has 4 nitrogen and oxygen atoms in total. The van der Waals surface area contributed by atoms with Crippen molar-refractivity contribution in [2.75, 3.05) is 0 Å². The Hall–Kier alpha value is -2.61. The Kier molecular flexibility index (Phi) is 4.30. The Labute approximate surface area is 167 Å². The molecule has 0 fully saturated rings. The first-order chi connectivity index (χ1) is 12.9. The molecule has 1 atom stereocenters. The fraction of sp³-hybridized carbons (Fsp3) is 0.190. The van der Waals surface area contributed by atoms with Gasteiger partial charge >= 0.3 is 0 Å². The van der Waals surface area contributed by atoms with Crippen molar-refractivity contribution in [3.05, 3.63) is 75.2 Å². The zero-order valence-corrected chi connectivity index (χ0v) is 16.3. The molecule has 27 heavy (non-hydrogen) atoms. The molecule has 3 aromatic rings. The number of fused-ring (bicyclic) bond motifs is 3. The molecule has 1 aliphatic rings. The molecule has 0 saturated heterocycles. The van der Waals surface area contributed by atoms with Crippen molar-refractivity contribution in [3.63, 3.8) is 0 Å². The third-order valence-corrected chi connectivity index (χ3v) is 5.29. The number of hydrogen-bond acceptors (Lipinski definition) is 3. The average Bonchev–Trinajstić information content (AvgIpc) is 3.04. The maximum absolute atomic E-state index is 9.71. The summed E-state index contributed by atoms with van der Waals surface area (Å²) >= 11 is 12.4. The van der Waals surface area contributed by atoms with Gasteiger partial charge in [0.1, 0.15) is 17.4 Å². The number of halogens is 2. The minimum Gasteiger partial charge on any atom is -0.439 e. The van der Waals surface area contributed by atoms with Gasteiger partial charge in [-0.2, -0.15) is 5.26 Å². The molecule has 4 rings (SSSR count). The zero-order valence-electron chi connectivity index (χ0n) is 14.8. The number of aromatic nitrogens is 1. The van der Waals surface area contributed by atoms with E-state index >= 15 is 0 Å². The van der Waals surface area contributed by atoms with Gasteiger partial charge < -0.3 is 15.0 Å². The summed E-state index contributed by atoms with van der Waals surface area (Å²) in [5.41, 5.74) is 9.21. The van der Waals surface area contributed by atoms with Gasteiger partial charge in [-0.15, -0.1) is 0 Å². The number of allylic oxidation sites excluding steroid dienone is 1. The van der Waals surface area contributed by atoms with Gasteiger partial charge in [0.05, 0.1) is 11.4 Å². The molecule has 0 bridgehead atoms. The van der Waals surface area contributed by atoms with Gasteiger partial charge in [-0.3, -0.25) is 0 Å². The summed E-state index contributed by atoms with van der Waals surface area (Å²) in [7, 11) is 0. The lowest BCUT2D eigenvalue weighted by Crippen LogP contribution is -2.21. The van der Waals surface area contributed by atoms with E-state index in [0.717, 1.165) is 22.0 Å². The fourth-order valence-electron chi connectivity index (χ4n) is 3.69. The molecule has 0 radical (unpaired) electrons. The fourth-order valence-corrected chi connectivity index (χ4v) is 4.23. The number of rotatable bonds is 2. The molecule has 1 unspecified atom stereocenters. The average molecular weight is 398 g/mol. The van der Waals surface area contributed by atoms with Crippen LogP contribution >= 0.6 is 23.2 Å². The quantitative estimate of drug-likeness (QED) is 0.598. The summed E-state index contributed by atoms with van der Waals surface area (Å²) in [5, 5.41) is 11.7. The monoisotopic (exact) mass is 397 g/mol. The molecule has 0 saturated carbocycles. The molecule has 1 aromatic heterocycles. The van der Waals surface area contributed by atoms with Crippen molar-refractivity contribution in [1.82, 2.24) is 4.57 Å². The molecule has 1 aliphatic heterocycles. The van der Waals surface area contributed by atoms with E-state index < -0.39 is 0 Å². The van der Waals surface area contributed by atoms with Crippen LogP contribution in [0.5, 0.6) is 5.75 Å². The van der Waals surface area contributed by atoms with Gasteiger partial charge in [-0.05, 0) is 49.7 Å². The largest absolute Gasteiger partial charge is 0.439 e. The SMILES string of the molecule is CC(C)n1ccc2c3c(ccc21)C(c1cc(Cl)cc(Cl)c1)C(C#N)=C(N)O3. The predicted octanol–water partition coefficient (Wildman–Crippen LogP) is 5.75. The molecule has 2 heterocycles. The molecule has 6 heteroatoms. The van der Waals surface area contributed by atoms with Crippen LogP contribution in [-0.4, -0.2) is 4.57 Å². The van der Waals surface area contributed by atoms with Crippen molar-refractivity contribution >= 4 is 34.1 Å². The van der Waals surface area contributed by atoms with Crippen molar-refractivity contribution in [1.29, 1.82) is 5.26 Å². The summed E-state index contributed by atoms with van der Waals surface area (Å²) in [4.78, 5) is 0. The summed E-state index contributed by atoms with van der Waals surface area (Å²) in [6.07, 6.45) is 2.03. The molecule has 0 aliphatic carbocycles.